The Balaban J connectivity index is 1.62. The Hall–Kier alpha value is -6.04. The average molecular weight is 741 g/mol. The minimum absolute atomic E-state index is 0.0125. The molecule has 0 bridgehead atoms. The van der Waals surface area contributed by atoms with Gasteiger partial charge in [0, 0.05) is 57.4 Å². The fraction of sp³-hybridized carbons (Fsp3) is 0.238. The van der Waals surface area contributed by atoms with Crippen LogP contribution in [0.1, 0.15) is 57.1 Å². The summed E-state index contributed by atoms with van der Waals surface area (Å²) in [6.45, 7) is 5.52. The summed E-state index contributed by atoms with van der Waals surface area (Å²) in [7, 11) is 1.31. The number of carbonyl (C=O) groups is 3. The van der Waals surface area contributed by atoms with E-state index in [9.17, 15) is 31.9 Å². The first-order valence-electron chi connectivity index (χ1n) is 17.0. The molecule has 5 aromatic carbocycles. The number of halogens is 4. The molecule has 278 valence electrons. The van der Waals surface area contributed by atoms with Gasteiger partial charge in [0.15, 0.2) is 12.4 Å². The van der Waals surface area contributed by atoms with Crippen LogP contribution in [0.25, 0.3) is 32.6 Å². The SMILES string of the molecule is COC(=O)CCn1c2ccc(/C(=N/OC(C)=O)c3ccccc3OCC(F)(F)C(F)F)cc2c2cc(C(=O)c3c(C)cc(C)cc3C)c3ccccc3c21. The van der Waals surface area contributed by atoms with Gasteiger partial charge in [0.2, 0.25) is 0 Å². The number of aromatic nitrogens is 1. The molecular formula is C42H36F4N2O6. The van der Waals surface area contributed by atoms with Gasteiger partial charge in [-0.1, -0.05) is 65.3 Å². The number of fused-ring (bicyclic) bond motifs is 5. The Morgan fingerprint density at radius 2 is 1.48 bits per heavy atom. The summed E-state index contributed by atoms with van der Waals surface area (Å²) in [6.07, 6.45) is -3.91. The quantitative estimate of drug-likeness (QED) is 0.0310. The van der Waals surface area contributed by atoms with Crippen LogP contribution in [0.4, 0.5) is 17.6 Å². The number of carbonyl (C=O) groups excluding carboxylic acids is 3. The maximum absolute atomic E-state index is 14.5. The maximum Gasteiger partial charge on any atom is 0.340 e. The lowest BCUT2D eigenvalue weighted by atomic mass is 9.89. The number of ketones is 1. The molecule has 6 rings (SSSR count). The van der Waals surface area contributed by atoms with E-state index in [1.165, 1.54) is 25.3 Å². The van der Waals surface area contributed by atoms with E-state index in [1.54, 1.807) is 24.3 Å². The lowest BCUT2D eigenvalue weighted by Gasteiger charge is -2.18. The summed E-state index contributed by atoms with van der Waals surface area (Å²) in [6, 6.07) is 24.3. The number of methoxy groups -OCH3 is 1. The van der Waals surface area contributed by atoms with Gasteiger partial charge in [-0.2, -0.15) is 8.78 Å². The Morgan fingerprint density at radius 3 is 2.15 bits per heavy atom. The van der Waals surface area contributed by atoms with Crippen LogP contribution in [0.2, 0.25) is 0 Å². The summed E-state index contributed by atoms with van der Waals surface area (Å²) in [5, 5.41) is 6.82. The number of rotatable bonds is 12. The highest BCUT2D eigenvalue weighted by Gasteiger charge is 2.42. The van der Waals surface area contributed by atoms with E-state index in [0.717, 1.165) is 34.5 Å². The number of hydrogen-bond donors (Lipinski definition) is 0. The number of oxime groups is 1. The minimum atomic E-state index is -4.43. The first-order chi connectivity index (χ1) is 25.7. The number of nitrogens with zero attached hydrogens (tertiary/aromatic N) is 2. The smallest absolute Gasteiger partial charge is 0.340 e. The third-order valence-corrected chi connectivity index (χ3v) is 9.20. The van der Waals surface area contributed by atoms with E-state index in [1.807, 2.05) is 67.8 Å². The molecule has 0 aliphatic carbocycles. The molecule has 12 heteroatoms. The largest absolute Gasteiger partial charge is 0.486 e. The van der Waals surface area contributed by atoms with E-state index >= 15 is 0 Å². The second-order valence-corrected chi connectivity index (χ2v) is 13.0. The Kier molecular flexibility index (Phi) is 10.6. The molecule has 0 saturated heterocycles. The molecule has 0 unspecified atom stereocenters. The second-order valence-electron chi connectivity index (χ2n) is 13.0. The van der Waals surface area contributed by atoms with Crippen LogP contribution in [0.5, 0.6) is 5.75 Å². The lowest BCUT2D eigenvalue weighted by molar-refractivity contribution is -0.148. The molecule has 0 fully saturated rings. The highest BCUT2D eigenvalue weighted by atomic mass is 19.3. The van der Waals surface area contributed by atoms with Gasteiger partial charge in [0.1, 0.15) is 11.5 Å². The summed E-state index contributed by atoms with van der Waals surface area (Å²) in [5.74, 6) is -6.00. The monoisotopic (exact) mass is 740 g/mol. The number of para-hydroxylation sites is 1. The molecule has 1 aromatic heterocycles. The van der Waals surface area contributed by atoms with Crippen LogP contribution in [0.15, 0.2) is 90.1 Å². The number of esters is 1. The predicted octanol–water partition coefficient (Wildman–Crippen LogP) is 9.26. The molecule has 1 heterocycles. The topological polar surface area (TPSA) is 96.2 Å². The van der Waals surface area contributed by atoms with Crippen LogP contribution >= 0.6 is 0 Å². The summed E-state index contributed by atoms with van der Waals surface area (Å²) < 4.78 is 66.1. The van der Waals surface area contributed by atoms with Gasteiger partial charge in [-0.15, -0.1) is 0 Å². The number of benzene rings is 5. The highest BCUT2D eigenvalue weighted by Crippen LogP contribution is 2.39. The maximum atomic E-state index is 14.5. The van der Waals surface area contributed by atoms with Crippen LogP contribution < -0.4 is 4.74 Å². The molecule has 0 spiro atoms. The predicted molar refractivity (Wildman–Crippen MR) is 198 cm³/mol. The molecule has 0 radical (unpaired) electrons. The van der Waals surface area contributed by atoms with Gasteiger partial charge < -0.3 is 18.9 Å². The van der Waals surface area contributed by atoms with Gasteiger partial charge >= 0.3 is 24.3 Å². The van der Waals surface area contributed by atoms with Crippen molar-refractivity contribution in [3.05, 3.63) is 124 Å². The van der Waals surface area contributed by atoms with Crippen molar-refractivity contribution in [2.45, 2.75) is 53.0 Å². The zero-order valence-electron chi connectivity index (χ0n) is 30.1. The Labute approximate surface area is 307 Å². The van der Waals surface area contributed by atoms with E-state index in [2.05, 4.69) is 5.16 Å². The van der Waals surface area contributed by atoms with Crippen molar-refractivity contribution in [1.82, 2.24) is 4.57 Å². The minimum Gasteiger partial charge on any atom is -0.486 e. The van der Waals surface area contributed by atoms with Crippen LogP contribution in [-0.4, -0.2) is 54.1 Å². The fourth-order valence-electron chi connectivity index (χ4n) is 6.90. The van der Waals surface area contributed by atoms with Crippen molar-refractivity contribution in [2.75, 3.05) is 13.7 Å². The molecular weight excluding hydrogens is 704 g/mol. The molecule has 0 amide bonds. The van der Waals surface area contributed by atoms with E-state index in [4.69, 9.17) is 14.3 Å². The highest BCUT2D eigenvalue weighted by molar-refractivity contribution is 6.27. The third-order valence-electron chi connectivity index (χ3n) is 9.20. The first kappa shape index (κ1) is 37.7. The van der Waals surface area contributed by atoms with E-state index < -0.39 is 30.9 Å². The summed E-state index contributed by atoms with van der Waals surface area (Å²) in [5.41, 5.74) is 5.59. The number of ether oxygens (including phenoxy) is 2. The van der Waals surface area contributed by atoms with Crippen molar-refractivity contribution in [2.24, 2.45) is 5.16 Å². The molecule has 6 aromatic rings. The summed E-state index contributed by atoms with van der Waals surface area (Å²) >= 11 is 0. The zero-order chi connectivity index (χ0) is 38.9. The van der Waals surface area contributed by atoms with Crippen LogP contribution in [-0.2, 0) is 25.7 Å². The van der Waals surface area contributed by atoms with Crippen molar-refractivity contribution in [3.8, 4) is 5.75 Å². The van der Waals surface area contributed by atoms with Gasteiger partial charge in [-0.3, -0.25) is 9.59 Å². The molecule has 0 N–H and O–H groups in total. The third kappa shape index (κ3) is 7.28. The van der Waals surface area contributed by atoms with Gasteiger partial charge in [0.05, 0.1) is 19.0 Å². The lowest BCUT2D eigenvalue weighted by Crippen LogP contribution is -2.34. The Morgan fingerprint density at radius 1 is 0.815 bits per heavy atom. The van der Waals surface area contributed by atoms with Gasteiger partial charge in [0.25, 0.3) is 0 Å². The number of hydrogen-bond acceptors (Lipinski definition) is 7. The average Bonchev–Trinajstić information content (AvgIpc) is 3.45. The standard InChI is InChI=1S/C42H36F4N2O6/c1-23-18-24(2)37(25(3)19-23)40(51)33-21-32-31-20-27(14-15-34(31)48(17-16-36(50)52-5)39(32)29-11-7-6-10-28(29)33)38(47-54-26(4)49)30-12-8-9-13-35(30)53-22-42(45,46)41(43)44/h6-15,18-21,41H,16-17,22H2,1-5H3/b47-38-. The molecule has 0 atom stereocenters. The molecule has 0 saturated carbocycles. The number of alkyl halides is 4. The second kappa shape index (κ2) is 15.1. The Bertz CT molecular complexity index is 2460. The first-order valence-corrected chi connectivity index (χ1v) is 17.0. The molecule has 54 heavy (non-hydrogen) atoms. The molecule has 0 aliphatic heterocycles. The summed E-state index contributed by atoms with van der Waals surface area (Å²) in [4.78, 5) is 43.9. The normalized spacial score (nSPS) is 12.1. The molecule has 8 nitrogen and oxygen atoms in total. The van der Waals surface area contributed by atoms with Crippen molar-refractivity contribution >= 4 is 56.0 Å². The van der Waals surface area contributed by atoms with Gasteiger partial charge in [-0.25, -0.2) is 13.6 Å². The van der Waals surface area contributed by atoms with Crippen molar-refractivity contribution in [1.29, 1.82) is 0 Å². The zero-order valence-corrected chi connectivity index (χ0v) is 30.1. The van der Waals surface area contributed by atoms with Gasteiger partial charge in [-0.05, 0) is 67.6 Å². The number of aryl methyl sites for hydroxylation is 4. The van der Waals surface area contributed by atoms with E-state index in [-0.39, 0.29) is 35.8 Å². The molecule has 0 aliphatic rings. The van der Waals surface area contributed by atoms with Crippen LogP contribution in [0, 0.1) is 20.8 Å². The van der Waals surface area contributed by atoms with Crippen molar-refractivity contribution < 1.29 is 46.3 Å². The van der Waals surface area contributed by atoms with Crippen molar-refractivity contribution in [3.63, 3.8) is 0 Å². The van der Waals surface area contributed by atoms with Crippen LogP contribution in [0.3, 0.4) is 0 Å². The fourth-order valence-corrected chi connectivity index (χ4v) is 6.90. The van der Waals surface area contributed by atoms with E-state index in [0.29, 0.717) is 38.4 Å².